The van der Waals surface area contributed by atoms with Gasteiger partial charge in [-0.05, 0) is 36.7 Å². The molecule has 2 heterocycles. The third-order valence-corrected chi connectivity index (χ3v) is 3.10. The van der Waals surface area contributed by atoms with E-state index in [1.54, 1.807) is 20.8 Å². The number of anilines is 1. The number of pyridine rings is 1. The lowest BCUT2D eigenvalue weighted by atomic mass is 10.2. The smallest absolute Gasteiger partial charge is 0.410 e. The first kappa shape index (κ1) is 16.7. The largest absolute Gasteiger partial charge is 0.444 e. The second-order valence-corrected chi connectivity index (χ2v) is 6.08. The van der Waals surface area contributed by atoms with Crippen LogP contribution in [0.4, 0.5) is 16.3 Å². The minimum atomic E-state index is -0.625. The first-order valence-electron chi connectivity index (χ1n) is 7.06. The monoisotopic (exact) mass is 322 g/mol. The van der Waals surface area contributed by atoms with E-state index in [0.717, 1.165) is 0 Å². The number of carbonyl (C=O) groups excluding carboxylic acids is 2. The first-order chi connectivity index (χ1) is 10.7. The number of piperazine rings is 1. The number of aromatic nitrogens is 1. The summed E-state index contributed by atoms with van der Waals surface area (Å²) in [6.07, 6.45) is 0.742. The normalized spacial score (nSPS) is 15.5. The molecule has 1 aliphatic heterocycles. The van der Waals surface area contributed by atoms with Crippen LogP contribution in [0.3, 0.4) is 0 Å². The van der Waals surface area contributed by atoms with Crippen LogP contribution in [0.15, 0.2) is 18.3 Å². The van der Waals surface area contributed by atoms with E-state index in [1.807, 2.05) is 0 Å². The van der Waals surface area contributed by atoms with Crippen LogP contribution in [0, 0.1) is 10.1 Å². The molecular weight excluding hydrogens is 304 g/mol. The van der Waals surface area contributed by atoms with Crippen molar-refractivity contribution < 1.29 is 19.2 Å². The highest BCUT2D eigenvalue weighted by molar-refractivity contribution is 5.97. The van der Waals surface area contributed by atoms with Gasteiger partial charge in [0, 0.05) is 19.2 Å². The zero-order chi connectivity index (χ0) is 17.2. The maximum absolute atomic E-state index is 12.2. The van der Waals surface area contributed by atoms with E-state index in [4.69, 9.17) is 4.74 Å². The standard InChI is InChI=1S/C14H18N4O5/c1-14(2,3)23-13(20)16-6-7-17(12(19)9-16)10-4-5-11(15-8-10)18(21)22/h4-5,8H,6-7,9H2,1-3H3. The van der Waals surface area contributed by atoms with E-state index < -0.39 is 16.6 Å². The molecule has 0 atom stereocenters. The Balaban J connectivity index is 2.03. The van der Waals surface area contributed by atoms with Crippen LogP contribution in [-0.4, -0.2) is 52.0 Å². The minimum absolute atomic E-state index is 0.105. The summed E-state index contributed by atoms with van der Waals surface area (Å²) in [7, 11) is 0. The van der Waals surface area contributed by atoms with Gasteiger partial charge in [-0.2, -0.15) is 0 Å². The van der Waals surface area contributed by atoms with Gasteiger partial charge < -0.3 is 19.8 Å². The highest BCUT2D eigenvalue weighted by Gasteiger charge is 2.31. The highest BCUT2D eigenvalue weighted by atomic mass is 16.6. The fraction of sp³-hybridized carbons (Fsp3) is 0.500. The van der Waals surface area contributed by atoms with Crippen LogP contribution < -0.4 is 4.90 Å². The lowest BCUT2D eigenvalue weighted by Crippen LogP contribution is -2.53. The summed E-state index contributed by atoms with van der Waals surface area (Å²) in [5.74, 6) is -0.577. The molecule has 0 spiro atoms. The SMILES string of the molecule is CC(C)(C)OC(=O)N1CCN(c2ccc([N+](=O)[O-])nc2)C(=O)C1. The maximum Gasteiger partial charge on any atom is 0.410 e. The van der Waals surface area contributed by atoms with Gasteiger partial charge in [-0.25, -0.2) is 4.79 Å². The molecule has 23 heavy (non-hydrogen) atoms. The summed E-state index contributed by atoms with van der Waals surface area (Å²) in [6, 6.07) is 2.70. The summed E-state index contributed by atoms with van der Waals surface area (Å²) in [6.45, 7) is 5.75. The number of rotatable bonds is 2. The number of amides is 2. The molecule has 1 saturated heterocycles. The second kappa shape index (κ2) is 6.19. The van der Waals surface area contributed by atoms with Crippen molar-refractivity contribution in [3.63, 3.8) is 0 Å². The molecule has 1 aromatic heterocycles. The Morgan fingerprint density at radius 1 is 1.35 bits per heavy atom. The number of ether oxygens (including phenoxy) is 1. The van der Waals surface area contributed by atoms with Gasteiger partial charge in [0.15, 0.2) is 6.20 Å². The first-order valence-corrected chi connectivity index (χ1v) is 7.06. The molecule has 0 bridgehead atoms. The van der Waals surface area contributed by atoms with Gasteiger partial charge in [0.25, 0.3) is 0 Å². The Morgan fingerprint density at radius 3 is 2.52 bits per heavy atom. The van der Waals surface area contributed by atoms with E-state index in [-0.39, 0.29) is 24.8 Å². The Kier molecular flexibility index (Phi) is 4.48. The van der Waals surface area contributed by atoms with Crippen molar-refractivity contribution in [3.8, 4) is 0 Å². The average Bonchev–Trinajstić information content (AvgIpc) is 2.45. The molecule has 0 aliphatic carbocycles. The van der Waals surface area contributed by atoms with Crippen LogP contribution >= 0.6 is 0 Å². The number of nitrogens with zero attached hydrogens (tertiary/aromatic N) is 4. The van der Waals surface area contributed by atoms with Gasteiger partial charge in [-0.3, -0.25) is 9.69 Å². The predicted octanol–water partition coefficient (Wildman–Crippen LogP) is 1.57. The lowest BCUT2D eigenvalue weighted by Gasteiger charge is -2.34. The zero-order valence-corrected chi connectivity index (χ0v) is 13.2. The highest BCUT2D eigenvalue weighted by Crippen LogP contribution is 2.20. The molecule has 9 heteroatoms. The van der Waals surface area contributed by atoms with Gasteiger partial charge in [-0.15, -0.1) is 0 Å². The Labute approximate surface area is 133 Å². The van der Waals surface area contributed by atoms with Crippen LogP contribution in [0.2, 0.25) is 0 Å². The van der Waals surface area contributed by atoms with Crippen LogP contribution in [0.5, 0.6) is 0 Å². The summed E-state index contributed by atoms with van der Waals surface area (Å²) < 4.78 is 5.24. The Bertz CT molecular complexity index is 623. The summed E-state index contributed by atoms with van der Waals surface area (Å²) >= 11 is 0. The summed E-state index contributed by atoms with van der Waals surface area (Å²) in [5, 5.41) is 10.6. The third-order valence-electron chi connectivity index (χ3n) is 3.10. The molecule has 0 aromatic carbocycles. The predicted molar refractivity (Wildman–Crippen MR) is 81.1 cm³/mol. The van der Waals surface area contributed by atoms with Crippen molar-refractivity contribution in [1.29, 1.82) is 0 Å². The molecule has 0 N–H and O–H groups in total. The van der Waals surface area contributed by atoms with Crippen LogP contribution in [0.25, 0.3) is 0 Å². The number of hydrogen-bond acceptors (Lipinski definition) is 6. The zero-order valence-electron chi connectivity index (χ0n) is 13.2. The molecule has 1 aliphatic rings. The van der Waals surface area contributed by atoms with Crippen molar-refractivity contribution >= 4 is 23.5 Å². The molecule has 0 saturated carbocycles. The van der Waals surface area contributed by atoms with E-state index in [1.165, 1.54) is 28.1 Å². The number of nitro groups is 1. The summed E-state index contributed by atoms with van der Waals surface area (Å²) in [5.41, 5.74) is -0.163. The average molecular weight is 322 g/mol. The van der Waals surface area contributed by atoms with Gasteiger partial charge in [-0.1, -0.05) is 0 Å². The second-order valence-electron chi connectivity index (χ2n) is 6.08. The van der Waals surface area contributed by atoms with E-state index >= 15 is 0 Å². The Hall–Kier alpha value is -2.71. The van der Waals surface area contributed by atoms with Gasteiger partial charge >= 0.3 is 11.9 Å². The maximum atomic E-state index is 12.2. The molecule has 1 fully saturated rings. The van der Waals surface area contributed by atoms with Crippen LogP contribution in [0.1, 0.15) is 20.8 Å². The van der Waals surface area contributed by atoms with E-state index in [2.05, 4.69) is 4.98 Å². The molecule has 9 nitrogen and oxygen atoms in total. The number of hydrogen-bond donors (Lipinski definition) is 0. The van der Waals surface area contributed by atoms with E-state index in [9.17, 15) is 19.7 Å². The molecule has 0 radical (unpaired) electrons. The molecule has 124 valence electrons. The van der Waals surface area contributed by atoms with Gasteiger partial charge in [0.05, 0.1) is 5.69 Å². The van der Waals surface area contributed by atoms with Gasteiger partial charge in [0.1, 0.15) is 12.1 Å². The Morgan fingerprint density at radius 2 is 2.04 bits per heavy atom. The van der Waals surface area contributed by atoms with Crippen molar-refractivity contribution in [1.82, 2.24) is 9.88 Å². The van der Waals surface area contributed by atoms with Crippen LogP contribution in [-0.2, 0) is 9.53 Å². The molecule has 0 unspecified atom stereocenters. The number of carbonyl (C=O) groups is 2. The van der Waals surface area contributed by atoms with Gasteiger partial charge in [0.2, 0.25) is 5.91 Å². The molecule has 1 aromatic rings. The van der Waals surface area contributed by atoms with Crippen molar-refractivity contribution in [2.45, 2.75) is 26.4 Å². The fourth-order valence-corrected chi connectivity index (χ4v) is 2.07. The fourth-order valence-electron chi connectivity index (χ4n) is 2.07. The van der Waals surface area contributed by atoms with E-state index in [0.29, 0.717) is 12.2 Å². The minimum Gasteiger partial charge on any atom is -0.444 e. The summed E-state index contributed by atoms with van der Waals surface area (Å²) in [4.78, 5) is 40.6. The lowest BCUT2D eigenvalue weighted by molar-refractivity contribution is -0.389. The molecule has 2 rings (SSSR count). The van der Waals surface area contributed by atoms with Crippen molar-refractivity contribution in [2.24, 2.45) is 0 Å². The molecular formula is C14H18N4O5. The molecule has 2 amide bonds. The third kappa shape index (κ3) is 4.15. The van der Waals surface area contributed by atoms with Crippen molar-refractivity contribution in [3.05, 3.63) is 28.4 Å². The topological polar surface area (TPSA) is 106 Å². The quantitative estimate of drug-likeness (QED) is 0.604. The van der Waals surface area contributed by atoms with Crippen molar-refractivity contribution in [2.75, 3.05) is 24.5 Å².